The Morgan fingerprint density at radius 3 is 1.18 bits per heavy atom. The fraction of sp³-hybridized carbons (Fsp3) is 0.919. The van der Waals surface area contributed by atoms with Crippen molar-refractivity contribution < 1.29 is 50.0 Å². The highest BCUT2D eigenvalue weighted by molar-refractivity contribution is 5.80. The molecule has 1 amide bonds. The molecule has 0 saturated carbocycles. The highest BCUT2D eigenvalue weighted by Crippen LogP contribution is 2.23. The van der Waals surface area contributed by atoms with E-state index in [1.165, 1.54) is 218 Å². The summed E-state index contributed by atoms with van der Waals surface area (Å²) in [5.74, 6) is -0.702. The summed E-state index contributed by atoms with van der Waals surface area (Å²) in [6.07, 6.45) is 51.1. The fourth-order valence-corrected chi connectivity index (χ4v) is 10.1. The summed E-state index contributed by atoms with van der Waals surface area (Å²) in [5.41, 5.74) is 0. The normalized spacial score (nSPS) is 20.0. The van der Waals surface area contributed by atoms with E-state index >= 15 is 0 Å². The first-order chi connectivity index (χ1) is 35.7. The average molecular weight is 1040 g/mol. The molecule has 1 saturated heterocycles. The number of unbranched alkanes of at least 4 members (excludes halogenated alkanes) is 38. The number of hydrogen-bond donors (Lipinski definition) is 8. The van der Waals surface area contributed by atoms with Gasteiger partial charge in [0.1, 0.15) is 36.6 Å². The van der Waals surface area contributed by atoms with Crippen LogP contribution in [0.15, 0.2) is 24.3 Å². The van der Waals surface area contributed by atoms with Gasteiger partial charge < -0.3 is 50.5 Å². The van der Waals surface area contributed by atoms with Gasteiger partial charge in [0.2, 0.25) is 5.91 Å². The van der Waals surface area contributed by atoms with E-state index in [9.17, 15) is 40.5 Å². The predicted molar refractivity (Wildman–Crippen MR) is 302 cm³/mol. The van der Waals surface area contributed by atoms with Crippen molar-refractivity contribution in [1.29, 1.82) is 0 Å². The lowest BCUT2D eigenvalue weighted by Gasteiger charge is -2.40. The molecule has 0 aromatic heterocycles. The van der Waals surface area contributed by atoms with Gasteiger partial charge in [-0.15, -0.1) is 0 Å². The third-order valence-corrected chi connectivity index (χ3v) is 15.2. The predicted octanol–water partition coefficient (Wildman–Crippen LogP) is 13.7. The van der Waals surface area contributed by atoms with Crippen LogP contribution < -0.4 is 5.32 Å². The van der Waals surface area contributed by atoms with Crippen LogP contribution >= 0.6 is 0 Å². The Kier molecular flexibility index (Phi) is 49.0. The van der Waals surface area contributed by atoms with E-state index in [-0.39, 0.29) is 12.8 Å². The molecule has 1 fully saturated rings. The van der Waals surface area contributed by atoms with Crippen LogP contribution in [0.1, 0.15) is 296 Å². The molecule has 0 aromatic rings. The van der Waals surface area contributed by atoms with Crippen LogP contribution in [-0.2, 0) is 14.3 Å². The third kappa shape index (κ3) is 39.6. The van der Waals surface area contributed by atoms with E-state index in [2.05, 4.69) is 43.5 Å². The summed E-state index contributed by atoms with van der Waals surface area (Å²) in [7, 11) is 0. The number of nitrogens with one attached hydrogen (secondary N) is 1. The fourth-order valence-electron chi connectivity index (χ4n) is 10.1. The second-order valence-electron chi connectivity index (χ2n) is 22.1. The minimum absolute atomic E-state index is 0.256. The van der Waals surface area contributed by atoms with Gasteiger partial charge in [0.25, 0.3) is 0 Å². The Morgan fingerprint density at radius 1 is 0.466 bits per heavy atom. The van der Waals surface area contributed by atoms with Gasteiger partial charge in [-0.1, -0.05) is 256 Å². The number of carbonyl (C=O) groups excluding carboxylic acids is 1. The van der Waals surface area contributed by atoms with Gasteiger partial charge in [-0.3, -0.25) is 4.79 Å². The molecule has 11 nitrogen and oxygen atoms in total. The van der Waals surface area contributed by atoms with E-state index in [4.69, 9.17) is 9.47 Å². The number of carbonyl (C=O) groups is 1. The van der Waals surface area contributed by atoms with Gasteiger partial charge in [-0.25, -0.2) is 0 Å². The van der Waals surface area contributed by atoms with Crippen molar-refractivity contribution >= 4 is 5.91 Å². The maximum absolute atomic E-state index is 13.2. The number of aliphatic hydroxyl groups excluding tert-OH is 7. The maximum Gasteiger partial charge on any atom is 0.249 e. The second-order valence-corrected chi connectivity index (χ2v) is 22.1. The zero-order chi connectivity index (χ0) is 53.3. The largest absolute Gasteiger partial charge is 0.394 e. The Morgan fingerprint density at radius 2 is 0.808 bits per heavy atom. The summed E-state index contributed by atoms with van der Waals surface area (Å²) in [5, 5.41) is 76.2. The van der Waals surface area contributed by atoms with Crippen LogP contribution in [0.4, 0.5) is 0 Å². The Bertz CT molecular complexity index is 1240. The molecule has 9 atom stereocenters. The lowest BCUT2D eigenvalue weighted by atomic mass is 9.98. The molecule has 1 aliphatic rings. The van der Waals surface area contributed by atoms with E-state index < -0.39 is 74.2 Å². The van der Waals surface area contributed by atoms with Crippen LogP contribution in [0.2, 0.25) is 0 Å². The Labute approximate surface area is 448 Å². The third-order valence-electron chi connectivity index (χ3n) is 15.2. The topological polar surface area (TPSA) is 189 Å². The number of allylic oxidation sites excluding steroid dienone is 4. The summed E-state index contributed by atoms with van der Waals surface area (Å²) < 4.78 is 11.1. The quantitative estimate of drug-likeness (QED) is 0.0215. The number of hydrogen-bond acceptors (Lipinski definition) is 10. The van der Waals surface area contributed by atoms with E-state index in [1.54, 1.807) is 0 Å². The molecular weight excluding hydrogens is 919 g/mol. The first kappa shape index (κ1) is 69.6. The molecule has 432 valence electrons. The standard InChI is InChI=1S/C62H119NO10/c1-3-5-7-9-11-13-15-17-19-21-22-23-24-25-26-27-28-29-30-31-32-33-34-36-38-40-42-44-46-48-50-55(66)61(71)63-53(52-72-62-60(70)59(69)58(68)56(51-64)73-62)57(67)54(65)49-47-45-43-41-39-37-35-20-18-16-14-12-10-8-6-4-2/h25-26,41,43,53-60,62,64-70H,3-24,27-40,42,44-52H2,1-2H3,(H,63,71)/b26-25-,43-41+. The molecule has 11 heteroatoms. The second kappa shape index (κ2) is 51.4. The molecule has 1 heterocycles. The highest BCUT2D eigenvalue weighted by atomic mass is 16.7. The molecular formula is C62H119NO10. The van der Waals surface area contributed by atoms with E-state index in [1.807, 2.05) is 0 Å². The first-order valence-corrected chi connectivity index (χ1v) is 31.2. The summed E-state index contributed by atoms with van der Waals surface area (Å²) in [6.45, 7) is 3.47. The van der Waals surface area contributed by atoms with Crippen LogP contribution in [-0.4, -0.2) is 110 Å². The number of amides is 1. The molecule has 0 aliphatic carbocycles. The van der Waals surface area contributed by atoms with Gasteiger partial charge in [0, 0.05) is 0 Å². The van der Waals surface area contributed by atoms with Gasteiger partial charge >= 0.3 is 0 Å². The van der Waals surface area contributed by atoms with Crippen LogP contribution in [0.25, 0.3) is 0 Å². The summed E-state index contributed by atoms with van der Waals surface area (Å²) >= 11 is 0. The SMILES string of the molecule is CCCCCCCCCCCCC/C=C/CCCC(O)C(O)C(COC1OC(CO)C(O)C(O)C1O)NC(=O)C(O)CCCCCCCCCCCCCCCC/C=C\CCCCCCCCCCCCCC. The highest BCUT2D eigenvalue weighted by Gasteiger charge is 2.44. The lowest BCUT2D eigenvalue weighted by Crippen LogP contribution is -2.60. The van der Waals surface area contributed by atoms with Gasteiger partial charge in [0.15, 0.2) is 6.29 Å². The molecule has 73 heavy (non-hydrogen) atoms. The summed E-state index contributed by atoms with van der Waals surface area (Å²) in [4.78, 5) is 13.2. The lowest BCUT2D eigenvalue weighted by molar-refractivity contribution is -0.303. The van der Waals surface area contributed by atoms with Gasteiger partial charge in [-0.2, -0.15) is 0 Å². The minimum Gasteiger partial charge on any atom is -0.394 e. The van der Waals surface area contributed by atoms with Crippen molar-refractivity contribution in [2.24, 2.45) is 0 Å². The van der Waals surface area contributed by atoms with Crippen molar-refractivity contribution in [3.63, 3.8) is 0 Å². The van der Waals surface area contributed by atoms with Crippen LogP contribution in [0, 0.1) is 0 Å². The zero-order valence-electron chi connectivity index (χ0n) is 47.4. The monoisotopic (exact) mass is 1040 g/mol. The Balaban J connectivity index is 2.23. The molecule has 0 radical (unpaired) electrons. The number of rotatable bonds is 54. The van der Waals surface area contributed by atoms with Crippen LogP contribution in [0.3, 0.4) is 0 Å². The van der Waals surface area contributed by atoms with E-state index in [0.29, 0.717) is 12.8 Å². The van der Waals surface area contributed by atoms with Gasteiger partial charge in [0.05, 0.1) is 25.4 Å². The molecule has 0 aromatic carbocycles. The number of aliphatic hydroxyl groups is 7. The zero-order valence-corrected chi connectivity index (χ0v) is 47.4. The maximum atomic E-state index is 13.2. The number of ether oxygens (including phenoxy) is 2. The molecule has 9 unspecified atom stereocenters. The van der Waals surface area contributed by atoms with Crippen molar-refractivity contribution in [2.75, 3.05) is 13.2 Å². The van der Waals surface area contributed by atoms with Crippen molar-refractivity contribution in [3.05, 3.63) is 24.3 Å². The molecule has 1 rings (SSSR count). The van der Waals surface area contributed by atoms with Crippen molar-refractivity contribution in [3.8, 4) is 0 Å². The summed E-state index contributed by atoms with van der Waals surface area (Å²) in [6, 6.07) is -1.18. The molecule has 0 bridgehead atoms. The molecule has 1 aliphatic heterocycles. The van der Waals surface area contributed by atoms with Crippen LogP contribution in [0.5, 0.6) is 0 Å². The smallest absolute Gasteiger partial charge is 0.249 e. The molecule has 0 spiro atoms. The van der Waals surface area contributed by atoms with E-state index in [0.717, 1.165) is 38.5 Å². The van der Waals surface area contributed by atoms with Gasteiger partial charge in [-0.05, 0) is 64.2 Å². The van der Waals surface area contributed by atoms with Crippen molar-refractivity contribution in [2.45, 2.75) is 351 Å². The molecule has 8 N–H and O–H groups in total. The van der Waals surface area contributed by atoms with Crippen molar-refractivity contribution in [1.82, 2.24) is 5.32 Å². The Hall–Kier alpha value is -1.41. The average Bonchev–Trinajstić information content (AvgIpc) is 3.39. The minimum atomic E-state index is -1.67. The first-order valence-electron chi connectivity index (χ1n) is 31.2.